The molecule has 0 spiro atoms. The van der Waals surface area contributed by atoms with Gasteiger partial charge in [0.05, 0.1) is 16.9 Å². The minimum Gasteiger partial charge on any atom is -0.263 e. The first-order chi connectivity index (χ1) is 8.04. The van der Waals surface area contributed by atoms with Crippen LogP contribution in [0, 0.1) is 0 Å². The Morgan fingerprint density at radius 3 is 2.65 bits per heavy atom. The lowest BCUT2D eigenvalue weighted by Gasteiger charge is -2.28. The van der Waals surface area contributed by atoms with Gasteiger partial charge in [0.25, 0.3) is 10.1 Å². The molecule has 0 radical (unpaired) electrons. The second-order valence-corrected chi connectivity index (χ2v) is 8.72. The van der Waals surface area contributed by atoms with Crippen molar-refractivity contribution >= 4 is 33.6 Å². The van der Waals surface area contributed by atoms with Gasteiger partial charge in [-0.15, -0.1) is 23.5 Å². The minimum absolute atomic E-state index is 0.239. The maximum absolute atomic E-state index is 11.1. The van der Waals surface area contributed by atoms with Gasteiger partial charge < -0.3 is 0 Å². The predicted octanol–water partition coefficient (Wildman–Crippen LogP) is 2.64. The van der Waals surface area contributed by atoms with Gasteiger partial charge in [-0.3, -0.25) is 4.18 Å². The standard InChI is InChI=1S/C11H18O3S3/c1-17(12,13)14-10-5-2-4-9(8-10)11-15-6-3-7-16-11/h8,10-11H,2-7H2,1H3. The van der Waals surface area contributed by atoms with Gasteiger partial charge >= 0.3 is 0 Å². The number of hydrogen-bond acceptors (Lipinski definition) is 5. The van der Waals surface area contributed by atoms with Crippen molar-refractivity contribution in [3.63, 3.8) is 0 Å². The molecule has 0 aromatic heterocycles. The molecule has 1 atom stereocenters. The van der Waals surface area contributed by atoms with Gasteiger partial charge in [-0.2, -0.15) is 8.42 Å². The molecule has 1 fully saturated rings. The highest BCUT2D eigenvalue weighted by molar-refractivity contribution is 8.17. The zero-order valence-electron chi connectivity index (χ0n) is 9.92. The molecule has 1 aliphatic heterocycles. The molecule has 2 aliphatic rings. The molecule has 1 heterocycles. The first kappa shape index (κ1) is 13.8. The first-order valence-corrected chi connectivity index (χ1v) is 9.78. The van der Waals surface area contributed by atoms with E-state index in [1.54, 1.807) is 0 Å². The van der Waals surface area contributed by atoms with Crippen molar-refractivity contribution < 1.29 is 12.6 Å². The molecular weight excluding hydrogens is 276 g/mol. The van der Waals surface area contributed by atoms with Crippen LogP contribution in [-0.4, -0.2) is 36.9 Å². The molecule has 0 saturated carbocycles. The van der Waals surface area contributed by atoms with Crippen molar-refractivity contribution in [2.24, 2.45) is 0 Å². The average molecular weight is 294 g/mol. The van der Waals surface area contributed by atoms with E-state index in [1.165, 1.54) is 23.5 Å². The lowest BCUT2D eigenvalue weighted by molar-refractivity contribution is 0.236. The van der Waals surface area contributed by atoms with Crippen LogP contribution in [0.15, 0.2) is 11.6 Å². The maximum atomic E-state index is 11.1. The van der Waals surface area contributed by atoms with Gasteiger partial charge in [0.15, 0.2) is 0 Å². The second kappa shape index (κ2) is 5.99. The van der Waals surface area contributed by atoms with Crippen molar-refractivity contribution in [3.8, 4) is 0 Å². The summed E-state index contributed by atoms with van der Waals surface area (Å²) in [6, 6.07) is 0. The summed E-state index contributed by atoms with van der Waals surface area (Å²) in [5.41, 5.74) is 1.37. The van der Waals surface area contributed by atoms with Crippen molar-refractivity contribution in [1.82, 2.24) is 0 Å². The third-order valence-corrected chi connectivity index (χ3v) is 6.46. The number of thioether (sulfide) groups is 2. The molecule has 0 aromatic rings. The van der Waals surface area contributed by atoms with E-state index in [2.05, 4.69) is 0 Å². The smallest absolute Gasteiger partial charge is 0.263 e. The Morgan fingerprint density at radius 2 is 2.00 bits per heavy atom. The highest BCUT2D eigenvalue weighted by Gasteiger charge is 2.24. The Morgan fingerprint density at radius 1 is 1.29 bits per heavy atom. The summed E-state index contributed by atoms with van der Waals surface area (Å²) in [5.74, 6) is 2.43. The highest BCUT2D eigenvalue weighted by Crippen LogP contribution is 2.39. The number of rotatable bonds is 3. The zero-order valence-corrected chi connectivity index (χ0v) is 12.4. The van der Waals surface area contributed by atoms with Gasteiger partial charge in [-0.05, 0) is 42.8 Å². The Labute approximate surface area is 112 Å². The van der Waals surface area contributed by atoms with Crippen LogP contribution < -0.4 is 0 Å². The molecule has 0 bridgehead atoms. The van der Waals surface area contributed by atoms with E-state index in [0.29, 0.717) is 4.58 Å². The van der Waals surface area contributed by atoms with Crippen LogP contribution in [-0.2, 0) is 14.3 Å². The number of hydrogen-bond donors (Lipinski definition) is 0. The third kappa shape index (κ3) is 4.50. The fourth-order valence-corrected chi connectivity index (χ4v) is 5.73. The maximum Gasteiger partial charge on any atom is 0.264 e. The largest absolute Gasteiger partial charge is 0.264 e. The second-order valence-electron chi connectivity index (χ2n) is 4.40. The van der Waals surface area contributed by atoms with Crippen molar-refractivity contribution in [3.05, 3.63) is 11.6 Å². The van der Waals surface area contributed by atoms with Gasteiger partial charge in [0.2, 0.25) is 0 Å². The summed E-state index contributed by atoms with van der Waals surface area (Å²) >= 11 is 3.96. The van der Waals surface area contributed by atoms with Crippen LogP contribution in [0.1, 0.15) is 25.7 Å². The van der Waals surface area contributed by atoms with Gasteiger partial charge in [0, 0.05) is 0 Å². The van der Waals surface area contributed by atoms with Gasteiger partial charge in [0.1, 0.15) is 0 Å². The summed E-state index contributed by atoms with van der Waals surface area (Å²) < 4.78 is 27.8. The Bertz CT molecular complexity index is 383. The van der Waals surface area contributed by atoms with Crippen LogP contribution >= 0.6 is 23.5 Å². The van der Waals surface area contributed by atoms with E-state index in [4.69, 9.17) is 4.18 Å². The molecule has 1 unspecified atom stereocenters. The summed E-state index contributed by atoms with van der Waals surface area (Å²) in [7, 11) is -3.34. The molecule has 1 aliphatic carbocycles. The summed E-state index contributed by atoms with van der Waals surface area (Å²) in [6.07, 6.45) is 7.15. The van der Waals surface area contributed by atoms with Crippen LogP contribution in [0.4, 0.5) is 0 Å². The molecule has 1 saturated heterocycles. The molecule has 6 heteroatoms. The van der Waals surface area contributed by atoms with Crippen molar-refractivity contribution in [2.75, 3.05) is 17.8 Å². The normalized spacial score (nSPS) is 27.8. The van der Waals surface area contributed by atoms with Crippen LogP contribution in [0.25, 0.3) is 0 Å². The minimum atomic E-state index is -3.34. The lowest BCUT2D eigenvalue weighted by atomic mass is 9.99. The predicted molar refractivity (Wildman–Crippen MR) is 75.0 cm³/mol. The molecule has 98 valence electrons. The van der Waals surface area contributed by atoms with Gasteiger partial charge in [-0.1, -0.05) is 6.08 Å². The SMILES string of the molecule is CS(=O)(=O)OC1C=C(C2SCCCS2)CCC1. The molecule has 17 heavy (non-hydrogen) atoms. The first-order valence-electron chi connectivity index (χ1n) is 5.87. The fourth-order valence-electron chi connectivity index (χ4n) is 2.11. The van der Waals surface area contributed by atoms with Crippen molar-refractivity contribution in [1.29, 1.82) is 0 Å². The van der Waals surface area contributed by atoms with E-state index in [1.807, 2.05) is 29.6 Å². The highest BCUT2D eigenvalue weighted by atomic mass is 32.2. The molecule has 2 rings (SSSR count). The fraction of sp³-hybridized carbons (Fsp3) is 0.818. The summed E-state index contributed by atoms with van der Waals surface area (Å²) in [4.78, 5) is 0. The van der Waals surface area contributed by atoms with E-state index in [-0.39, 0.29) is 6.10 Å². The molecule has 0 amide bonds. The topological polar surface area (TPSA) is 43.4 Å². The van der Waals surface area contributed by atoms with Crippen LogP contribution in [0.2, 0.25) is 0 Å². The van der Waals surface area contributed by atoms with E-state index in [0.717, 1.165) is 25.5 Å². The molecule has 0 N–H and O–H groups in total. The van der Waals surface area contributed by atoms with E-state index >= 15 is 0 Å². The molecule has 0 aromatic carbocycles. The van der Waals surface area contributed by atoms with Gasteiger partial charge in [-0.25, -0.2) is 0 Å². The monoisotopic (exact) mass is 294 g/mol. The molecule has 3 nitrogen and oxygen atoms in total. The quantitative estimate of drug-likeness (QED) is 0.591. The molecular formula is C11H18O3S3. The Kier molecular flexibility index (Phi) is 4.86. The van der Waals surface area contributed by atoms with Crippen LogP contribution in [0.5, 0.6) is 0 Å². The lowest BCUT2D eigenvalue weighted by Crippen LogP contribution is -2.21. The van der Waals surface area contributed by atoms with Crippen LogP contribution in [0.3, 0.4) is 0 Å². The van der Waals surface area contributed by atoms with E-state index < -0.39 is 10.1 Å². The Balaban J connectivity index is 2.01. The summed E-state index contributed by atoms with van der Waals surface area (Å²) in [5, 5.41) is 0. The van der Waals surface area contributed by atoms with Crippen molar-refractivity contribution in [2.45, 2.75) is 36.4 Å². The van der Waals surface area contributed by atoms with E-state index in [9.17, 15) is 8.42 Å². The zero-order chi connectivity index (χ0) is 12.3. The third-order valence-electron chi connectivity index (χ3n) is 2.78. The summed E-state index contributed by atoms with van der Waals surface area (Å²) in [6.45, 7) is 0. The Hall–Kier alpha value is 0.350. The average Bonchev–Trinajstić information content (AvgIpc) is 2.28.